The average molecular weight is 201 g/mol. The minimum Gasteiger partial charge on any atom is -0.385 e. The van der Waals surface area contributed by atoms with Crippen molar-refractivity contribution in [3.8, 4) is 0 Å². The SMILES string of the molecule is CCCC(C)NCC(C)(C)CCOC. The molecule has 14 heavy (non-hydrogen) atoms. The summed E-state index contributed by atoms with van der Waals surface area (Å²) in [7, 11) is 1.77. The molecule has 0 saturated carbocycles. The molecule has 0 aromatic carbocycles. The molecule has 2 nitrogen and oxygen atoms in total. The van der Waals surface area contributed by atoms with Crippen LogP contribution in [0.15, 0.2) is 0 Å². The molecule has 0 radical (unpaired) electrons. The molecule has 0 rings (SSSR count). The van der Waals surface area contributed by atoms with E-state index in [2.05, 4.69) is 33.0 Å². The fourth-order valence-corrected chi connectivity index (χ4v) is 1.45. The molecule has 0 aromatic heterocycles. The van der Waals surface area contributed by atoms with Crippen LogP contribution in [0.5, 0.6) is 0 Å². The lowest BCUT2D eigenvalue weighted by Gasteiger charge is -2.26. The first kappa shape index (κ1) is 13.9. The smallest absolute Gasteiger partial charge is 0.0467 e. The number of nitrogens with one attached hydrogen (secondary N) is 1. The summed E-state index contributed by atoms with van der Waals surface area (Å²) < 4.78 is 5.10. The van der Waals surface area contributed by atoms with Crippen molar-refractivity contribution in [3.63, 3.8) is 0 Å². The van der Waals surface area contributed by atoms with E-state index in [1.807, 2.05) is 0 Å². The number of hydrogen-bond donors (Lipinski definition) is 1. The van der Waals surface area contributed by atoms with Crippen LogP contribution in [0.25, 0.3) is 0 Å². The van der Waals surface area contributed by atoms with E-state index in [0.29, 0.717) is 11.5 Å². The van der Waals surface area contributed by atoms with Crippen LogP contribution >= 0.6 is 0 Å². The number of methoxy groups -OCH3 is 1. The van der Waals surface area contributed by atoms with Gasteiger partial charge in [-0.2, -0.15) is 0 Å². The highest BCUT2D eigenvalue weighted by atomic mass is 16.5. The molecule has 0 heterocycles. The fraction of sp³-hybridized carbons (Fsp3) is 1.00. The molecule has 2 heteroatoms. The summed E-state index contributed by atoms with van der Waals surface area (Å²) >= 11 is 0. The number of ether oxygens (including phenoxy) is 1. The van der Waals surface area contributed by atoms with Crippen LogP contribution in [0, 0.1) is 5.41 Å². The van der Waals surface area contributed by atoms with Crippen LogP contribution in [0.3, 0.4) is 0 Å². The van der Waals surface area contributed by atoms with Crippen LogP contribution < -0.4 is 5.32 Å². The molecule has 86 valence electrons. The maximum absolute atomic E-state index is 5.10. The second-order valence-electron chi connectivity index (χ2n) is 4.98. The average Bonchev–Trinajstić information content (AvgIpc) is 2.13. The third-order valence-corrected chi connectivity index (χ3v) is 2.63. The standard InChI is InChI=1S/C12H27NO/c1-6-7-11(2)13-10-12(3,4)8-9-14-5/h11,13H,6-10H2,1-5H3. The molecule has 0 bridgehead atoms. The second-order valence-corrected chi connectivity index (χ2v) is 4.98. The van der Waals surface area contributed by atoms with Gasteiger partial charge < -0.3 is 10.1 Å². The Balaban J connectivity index is 3.63. The van der Waals surface area contributed by atoms with Crippen molar-refractivity contribution in [1.82, 2.24) is 5.32 Å². The highest BCUT2D eigenvalue weighted by molar-refractivity contribution is 4.73. The minimum atomic E-state index is 0.345. The molecule has 0 fully saturated rings. The largest absolute Gasteiger partial charge is 0.385 e. The van der Waals surface area contributed by atoms with Gasteiger partial charge in [-0.3, -0.25) is 0 Å². The lowest BCUT2D eigenvalue weighted by atomic mass is 9.89. The molecule has 1 atom stereocenters. The number of rotatable bonds is 8. The van der Waals surface area contributed by atoms with Gasteiger partial charge in [-0.25, -0.2) is 0 Å². The Kier molecular flexibility index (Phi) is 7.20. The van der Waals surface area contributed by atoms with Gasteiger partial charge in [0.05, 0.1) is 0 Å². The van der Waals surface area contributed by atoms with E-state index in [-0.39, 0.29) is 0 Å². The van der Waals surface area contributed by atoms with Crippen molar-refractivity contribution in [3.05, 3.63) is 0 Å². The van der Waals surface area contributed by atoms with E-state index in [1.54, 1.807) is 7.11 Å². The minimum absolute atomic E-state index is 0.345. The van der Waals surface area contributed by atoms with Crippen molar-refractivity contribution < 1.29 is 4.74 Å². The third-order valence-electron chi connectivity index (χ3n) is 2.63. The zero-order chi connectivity index (χ0) is 11.0. The fourth-order valence-electron chi connectivity index (χ4n) is 1.45. The summed E-state index contributed by atoms with van der Waals surface area (Å²) in [5.74, 6) is 0. The van der Waals surface area contributed by atoms with Crippen LogP contribution in [-0.2, 0) is 4.74 Å². The Labute approximate surface area is 89.4 Å². The topological polar surface area (TPSA) is 21.3 Å². The molecule has 0 saturated heterocycles. The lowest BCUT2D eigenvalue weighted by Crippen LogP contribution is -2.35. The first-order chi connectivity index (χ1) is 6.52. The quantitative estimate of drug-likeness (QED) is 0.652. The van der Waals surface area contributed by atoms with Gasteiger partial charge in [0, 0.05) is 26.3 Å². The van der Waals surface area contributed by atoms with E-state index in [9.17, 15) is 0 Å². The zero-order valence-corrected chi connectivity index (χ0v) is 10.5. The Hall–Kier alpha value is -0.0800. The predicted molar refractivity (Wildman–Crippen MR) is 62.6 cm³/mol. The van der Waals surface area contributed by atoms with E-state index >= 15 is 0 Å². The number of hydrogen-bond acceptors (Lipinski definition) is 2. The normalized spacial score (nSPS) is 14.4. The Morgan fingerprint density at radius 1 is 1.36 bits per heavy atom. The maximum atomic E-state index is 5.10. The molecule has 0 aromatic rings. The maximum Gasteiger partial charge on any atom is 0.0467 e. The predicted octanol–water partition coefficient (Wildman–Crippen LogP) is 2.83. The van der Waals surface area contributed by atoms with Gasteiger partial charge in [-0.15, -0.1) is 0 Å². The molecule has 1 unspecified atom stereocenters. The van der Waals surface area contributed by atoms with Crippen molar-refractivity contribution in [2.24, 2.45) is 5.41 Å². The van der Waals surface area contributed by atoms with E-state index < -0.39 is 0 Å². The summed E-state index contributed by atoms with van der Waals surface area (Å²) in [6.07, 6.45) is 3.64. The summed E-state index contributed by atoms with van der Waals surface area (Å²) in [6, 6.07) is 0.641. The molecule has 0 spiro atoms. The van der Waals surface area contributed by atoms with E-state index in [4.69, 9.17) is 4.74 Å². The van der Waals surface area contributed by atoms with Gasteiger partial charge >= 0.3 is 0 Å². The van der Waals surface area contributed by atoms with Crippen molar-refractivity contribution >= 4 is 0 Å². The molecule has 1 N–H and O–H groups in total. The van der Waals surface area contributed by atoms with E-state index in [1.165, 1.54) is 12.8 Å². The van der Waals surface area contributed by atoms with Gasteiger partial charge in [0.15, 0.2) is 0 Å². The highest BCUT2D eigenvalue weighted by Gasteiger charge is 2.17. The summed E-state index contributed by atoms with van der Waals surface area (Å²) in [6.45, 7) is 11.0. The van der Waals surface area contributed by atoms with Gasteiger partial charge in [0.25, 0.3) is 0 Å². The Morgan fingerprint density at radius 3 is 2.50 bits per heavy atom. The summed E-state index contributed by atoms with van der Waals surface area (Å²) in [4.78, 5) is 0. The van der Waals surface area contributed by atoms with Gasteiger partial charge in [-0.1, -0.05) is 27.2 Å². The molecular formula is C12H27NO. The summed E-state index contributed by atoms with van der Waals surface area (Å²) in [5.41, 5.74) is 0.345. The van der Waals surface area contributed by atoms with Crippen LogP contribution in [0.1, 0.15) is 47.0 Å². The zero-order valence-electron chi connectivity index (χ0n) is 10.5. The van der Waals surface area contributed by atoms with Gasteiger partial charge in [0.2, 0.25) is 0 Å². The monoisotopic (exact) mass is 201 g/mol. The molecule has 0 aliphatic rings. The van der Waals surface area contributed by atoms with Crippen LogP contribution in [0.2, 0.25) is 0 Å². The van der Waals surface area contributed by atoms with Crippen LogP contribution in [-0.4, -0.2) is 26.3 Å². The molecular weight excluding hydrogens is 174 g/mol. The summed E-state index contributed by atoms with van der Waals surface area (Å²) in [5, 5.41) is 3.58. The highest BCUT2D eigenvalue weighted by Crippen LogP contribution is 2.19. The van der Waals surface area contributed by atoms with Crippen molar-refractivity contribution in [1.29, 1.82) is 0 Å². The van der Waals surface area contributed by atoms with Gasteiger partial charge in [0.1, 0.15) is 0 Å². The van der Waals surface area contributed by atoms with E-state index in [0.717, 1.165) is 19.6 Å². The van der Waals surface area contributed by atoms with Crippen molar-refractivity contribution in [2.45, 2.75) is 53.0 Å². The third kappa shape index (κ3) is 7.34. The van der Waals surface area contributed by atoms with Crippen molar-refractivity contribution in [2.75, 3.05) is 20.3 Å². The second kappa shape index (κ2) is 7.24. The molecule has 0 aliphatic heterocycles. The Morgan fingerprint density at radius 2 is 2.00 bits per heavy atom. The van der Waals surface area contributed by atoms with Crippen LogP contribution in [0.4, 0.5) is 0 Å². The first-order valence-electron chi connectivity index (χ1n) is 5.74. The first-order valence-corrected chi connectivity index (χ1v) is 5.74. The molecule has 0 aliphatic carbocycles. The lowest BCUT2D eigenvalue weighted by molar-refractivity contribution is 0.149. The van der Waals surface area contributed by atoms with Gasteiger partial charge in [-0.05, 0) is 25.2 Å². The Bertz CT molecular complexity index is 134. The molecule has 0 amide bonds.